The van der Waals surface area contributed by atoms with Gasteiger partial charge in [-0.2, -0.15) is 0 Å². The van der Waals surface area contributed by atoms with Crippen LogP contribution in [0.2, 0.25) is 0 Å². The van der Waals surface area contributed by atoms with E-state index in [2.05, 4.69) is 22.2 Å². The summed E-state index contributed by atoms with van der Waals surface area (Å²) in [6.07, 6.45) is 9.10. The minimum Gasteiger partial charge on any atom is -0.388 e. The van der Waals surface area contributed by atoms with Gasteiger partial charge < -0.3 is 10.4 Å². The van der Waals surface area contributed by atoms with Crippen LogP contribution in [0.4, 0.5) is 5.82 Å². The molecule has 2 atom stereocenters. The molecule has 4 nitrogen and oxygen atoms in total. The van der Waals surface area contributed by atoms with Gasteiger partial charge in [-0.3, -0.25) is 0 Å². The third kappa shape index (κ3) is 2.73. The number of nitrogens with zero attached hydrogens (tertiary/aromatic N) is 2. The highest BCUT2D eigenvalue weighted by atomic mass is 16.3. The zero-order valence-electron chi connectivity index (χ0n) is 11.7. The van der Waals surface area contributed by atoms with Crippen LogP contribution >= 0.6 is 0 Å². The van der Waals surface area contributed by atoms with Crippen molar-refractivity contribution in [2.24, 2.45) is 5.92 Å². The average molecular weight is 261 g/mol. The van der Waals surface area contributed by atoms with Gasteiger partial charge >= 0.3 is 0 Å². The Balaban J connectivity index is 1.68. The standard InChI is InChI=1S/C15H23N3O/c1-11-4-3-7-15(19,8-11)9-16-14-12-5-2-6-13(12)17-10-18-14/h10-11,19H,2-9H2,1H3,(H,16,17,18). The second-order valence-electron chi connectivity index (χ2n) is 6.28. The average Bonchev–Trinajstić information content (AvgIpc) is 2.85. The summed E-state index contributed by atoms with van der Waals surface area (Å²) in [5, 5.41) is 14.0. The number of aryl methyl sites for hydroxylation is 1. The van der Waals surface area contributed by atoms with Crippen LogP contribution in [0, 0.1) is 5.92 Å². The highest BCUT2D eigenvalue weighted by molar-refractivity contribution is 5.48. The van der Waals surface area contributed by atoms with Gasteiger partial charge in [0.05, 0.1) is 5.60 Å². The zero-order chi connectivity index (χ0) is 13.3. The van der Waals surface area contributed by atoms with Gasteiger partial charge in [0.25, 0.3) is 0 Å². The maximum Gasteiger partial charge on any atom is 0.132 e. The number of nitrogens with one attached hydrogen (secondary N) is 1. The van der Waals surface area contributed by atoms with Gasteiger partial charge in [0.1, 0.15) is 12.1 Å². The topological polar surface area (TPSA) is 58.0 Å². The lowest BCUT2D eigenvalue weighted by Crippen LogP contribution is -2.41. The Morgan fingerprint density at radius 3 is 3.11 bits per heavy atom. The molecule has 3 rings (SSSR count). The van der Waals surface area contributed by atoms with E-state index in [4.69, 9.17) is 0 Å². The van der Waals surface area contributed by atoms with E-state index in [9.17, 15) is 5.11 Å². The fraction of sp³-hybridized carbons (Fsp3) is 0.733. The Morgan fingerprint density at radius 2 is 2.26 bits per heavy atom. The van der Waals surface area contributed by atoms with Gasteiger partial charge in [0.2, 0.25) is 0 Å². The van der Waals surface area contributed by atoms with Crippen molar-refractivity contribution in [2.75, 3.05) is 11.9 Å². The molecular formula is C15H23N3O. The molecule has 0 saturated heterocycles. The number of hydrogen-bond donors (Lipinski definition) is 2. The number of fused-ring (bicyclic) bond motifs is 1. The van der Waals surface area contributed by atoms with Crippen LogP contribution < -0.4 is 5.32 Å². The van der Waals surface area contributed by atoms with Crippen LogP contribution in [-0.4, -0.2) is 27.2 Å². The maximum absolute atomic E-state index is 10.6. The summed E-state index contributed by atoms with van der Waals surface area (Å²) in [6, 6.07) is 0. The first-order valence-corrected chi connectivity index (χ1v) is 7.45. The fourth-order valence-corrected chi connectivity index (χ4v) is 3.55. The monoisotopic (exact) mass is 261 g/mol. The van der Waals surface area contributed by atoms with Gasteiger partial charge in [-0.1, -0.05) is 19.8 Å². The highest BCUT2D eigenvalue weighted by Gasteiger charge is 2.32. The van der Waals surface area contributed by atoms with Gasteiger partial charge in [-0.15, -0.1) is 0 Å². The summed E-state index contributed by atoms with van der Waals surface area (Å²) >= 11 is 0. The van der Waals surface area contributed by atoms with Crippen LogP contribution in [0.5, 0.6) is 0 Å². The van der Waals surface area contributed by atoms with Gasteiger partial charge in [-0.05, 0) is 38.0 Å². The van der Waals surface area contributed by atoms with E-state index in [0.29, 0.717) is 12.5 Å². The zero-order valence-corrected chi connectivity index (χ0v) is 11.7. The molecule has 1 aromatic rings. The Kier molecular flexibility index (Phi) is 3.44. The van der Waals surface area contributed by atoms with E-state index < -0.39 is 5.60 Å². The van der Waals surface area contributed by atoms with Crippen molar-refractivity contribution in [1.82, 2.24) is 9.97 Å². The van der Waals surface area contributed by atoms with Crippen molar-refractivity contribution in [3.63, 3.8) is 0 Å². The largest absolute Gasteiger partial charge is 0.388 e. The molecule has 0 bridgehead atoms. The molecule has 0 radical (unpaired) electrons. The molecule has 1 saturated carbocycles. The molecule has 0 spiro atoms. The molecule has 1 fully saturated rings. The number of aromatic nitrogens is 2. The number of rotatable bonds is 3. The van der Waals surface area contributed by atoms with E-state index >= 15 is 0 Å². The van der Waals surface area contributed by atoms with Crippen molar-refractivity contribution in [2.45, 2.75) is 57.5 Å². The Hall–Kier alpha value is -1.16. The molecule has 4 heteroatoms. The van der Waals surface area contributed by atoms with Crippen LogP contribution in [0.15, 0.2) is 6.33 Å². The number of anilines is 1. The molecule has 2 aliphatic rings. The third-order valence-corrected chi connectivity index (χ3v) is 4.53. The molecule has 0 aliphatic heterocycles. The molecule has 0 amide bonds. The minimum absolute atomic E-state index is 0.561. The molecule has 2 N–H and O–H groups in total. The summed E-state index contributed by atoms with van der Waals surface area (Å²) in [5.74, 6) is 1.56. The summed E-state index contributed by atoms with van der Waals surface area (Å²) in [5.41, 5.74) is 1.88. The molecule has 1 aromatic heterocycles. The van der Waals surface area contributed by atoms with E-state index in [0.717, 1.165) is 37.9 Å². The molecular weight excluding hydrogens is 238 g/mol. The van der Waals surface area contributed by atoms with Crippen LogP contribution in [0.25, 0.3) is 0 Å². The summed E-state index contributed by atoms with van der Waals surface area (Å²) in [7, 11) is 0. The molecule has 1 heterocycles. The van der Waals surface area contributed by atoms with Gasteiger partial charge in [0, 0.05) is 17.8 Å². The minimum atomic E-state index is -0.561. The lowest BCUT2D eigenvalue weighted by molar-refractivity contribution is -0.000839. The number of hydrogen-bond acceptors (Lipinski definition) is 4. The first-order chi connectivity index (χ1) is 9.16. The SMILES string of the molecule is CC1CCCC(O)(CNc2ncnc3c2CCC3)C1. The van der Waals surface area contributed by atoms with Crippen LogP contribution in [0.1, 0.15) is 50.3 Å². The maximum atomic E-state index is 10.6. The van der Waals surface area contributed by atoms with Crippen molar-refractivity contribution in [3.8, 4) is 0 Å². The van der Waals surface area contributed by atoms with Gasteiger partial charge in [-0.25, -0.2) is 9.97 Å². The summed E-state index contributed by atoms with van der Waals surface area (Å²) in [4.78, 5) is 8.68. The lowest BCUT2D eigenvalue weighted by atomic mass is 9.79. The molecule has 104 valence electrons. The molecule has 2 aliphatic carbocycles. The normalized spacial score (nSPS) is 30.1. The smallest absolute Gasteiger partial charge is 0.132 e. The number of aliphatic hydroxyl groups is 1. The second kappa shape index (κ2) is 5.08. The molecule has 19 heavy (non-hydrogen) atoms. The Labute approximate surface area is 114 Å². The van der Waals surface area contributed by atoms with E-state index in [1.54, 1.807) is 6.33 Å². The molecule has 2 unspecified atom stereocenters. The van der Waals surface area contributed by atoms with Crippen molar-refractivity contribution >= 4 is 5.82 Å². The van der Waals surface area contributed by atoms with Gasteiger partial charge in [0.15, 0.2) is 0 Å². The fourth-order valence-electron chi connectivity index (χ4n) is 3.55. The Bertz CT molecular complexity index is 463. The van der Waals surface area contributed by atoms with Crippen molar-refractivity contribution < 1.29 is 5.11 Å². The van der Waals surface area contributed by atoms with E-state index in [1.165, 1.54) is 24.1 Å². The summed E-state index contributed by atoms with van der Waals surface area (Å²) < 4.78 is 0. The first-order valence-electron chi connectivity index (χ1n) is 7.45. The Morgan fingerprint density at radius 1 is 1.37 bits per heavy atom. The predicted molar refractivity (Wildman–Crippen MR) is 75.1 cm³/mol. The van der Waals surface area contributed by atoms with E-state index in [1.807, 2.05) is 0 Å². The first kappa shape index (κ1) is 12.9. The third-order valence-electron chi connectivity index (χ3n) is 4.53. The van der Waals surface area contributed by atoms with Crippen molar-refractivity contribution in [1.29, 1.82) is 0 Å². The predicted octanol–water partition coefficient (Wildman–Crippen LogP) is 2.32. The van der Waals surface area contributed by atoms with Crippen LogP contribution in [-0.2, 0) is 12.8 Å². The highest BCUT2D eigenvalue weighted by Crippen LogP contribution is 2.33. The van der Waals surface area contributed by atoms with Crippen molar-refractivity contribution in [3.05, 3.63) is 17.6 Å². The summed E-state index contributed by atoms with van der Waals surface area (Å²) in [6.45, 7) is 2.84. The quantitative estimate of drug-likeness (QED) is 0.876. The van der Waals surface area contributed by atoms with Crippen LogP contribution in [0.3, 0.4) is 0 Å². The second-order valence-corrected chi connectivity index (χ2v) is 6.28. The lowest BCUT2D eigenvalue weighted by Gasteiger charge is -2.35. The molecule has 0 aromatic carbocycles. The van der Waals surface area contributed by atoms with E-state index in [-0.39, 0.29) is 0 Å².